The Balaban J connectivity index is 4.34. The molecule has 0 spiro atoms. The predicted molar refractivity (Wildman–Crippen MR) is 279 cm³/mol. The Labute approximate surface area is 401 Å². The fourth-order valence-corrected chi connectivity index (χ4v) is 7.39. The maximum Gasteiger partial charge on any atom is 0.309 e. The fraction of sp³-hybridized carbons (Fsp3) is 0.712. The van der Waals surface area contributed by atoms with E-state index in [0.29, 0.717) is 12.8 Å². The van der Waals surface area contributed by atoms with Crippen molar-refractivity contribution in [1.82, 2.24) is 0 Å². The van der Waals surface area contributed by atoms with Gasteiger partial charge in [-0.15, -0.1) is 0 Å². The number of carbonyl (C=O) groups is 3. The molecule has 0 saturated heterocycles. The SMILES string of the molecule is CC/C=C\C/C=C\C/C=C\CCCCCCCCCCCC(=O)OCC(COC(=O)C/C=C\C/C=C\C/C=C\CC)OC(=O)CCCCCCCCC/C=C\CCCCCCCCCC. The van der Waals surface area contributed by atoms with Crippen LogP contribution in [0.2, 0.25) is 0 Å². The Hall–Kier alpha value is -3.41. The van der Waals surface area contributed by atoms with Gasteiger partial charge in [0.25, 0.3) is 0 Å². The zero-order chi connectivity index (χ0) is 47.2. The molecule has 0 aromatic rings. The second-order valence-electron chi connectivity index (χ2n) is 17.7. The lowest BCUT2D eigenvalue weighted by atomic mass is 10.1. The van der Waals surface area contributed by atoms with Crippen LogP contribution < -0.4 is 0 Å². The largest absolute Gasteiger partial charge is 0.462 e. The maximum absolute atomic E-state index is 12.8. The van der Waals surface area contributed by atoms with Crippen molar-refractivity contribution in [3.05, 3.63) is 85.1 Å². The van der Waals surface area contributed by atoms with Crippen LogP contribution in [-0.4, -0.2) is 37.2 Å². The highest BCUT2D eigenvalue weighted by molar-refractivity contribution is 5.72. The first-order valence-electron chi connectivity index (χ1n) is 27.1. The van der Waals surface area contributed by atoms with E-state index in [2.05, 4.69) is 93.7 Å². The third-order valence-electron chi connectivity index (χ3n) is 11.4. The molecule has 0 rings (SSSR count). The topological polar surface area (TPSA) is 78.9 Å². The van der Waals surface area contributed by atoms with Crippen molar-refractivity contribution < 1.29 is 28.6 Å². The summed E-state index contributed by atoms with van der Waals surface area (Å²) in [6, 6.07) is 0. The highest BCUT2D eigenvalue weighted by Gasteiger charge is 2.19. The number of ether oxygens (including phenoxy) is 3. The zero-order valence-corrected chi connectivity index (χ0v) is 42.5. The number of allylic oxidation sites excluding steroid dienone is 13. The molecule has 0 bridgehead atoms. The monoisotopic (exact) mass is 905 g/mol. The van der Waals surface area contributed by atoms with Crippen molar-refractivity contribution in [2.75, 3.05) is 13.2 Å². The van der Waals surface area contributed by atoms with E-state index in [1.54, 1.807) is 6.08 Å². The van der Waals surface area contributed by atoms with Gasteiger partial charge in [0.1, 0.15) is 13.2 Å². The Morgan fingerprint density at radius 3 is 1.09 bits per heavy atom. The van der Waals surface area contributed by atoms with E-state index in [-0.39, 0.29) is 31.6 Å². The molecule has 0 amide bonds. The molecule has 372 valence electrons. The van der Waals surface area contributed by atoms with Gasteiger partial charge >= 0.3 is 17.9 Å². The van der Waals surface area contributed by atoms with E-state index in [4.69, 9.17) is 14.2 Å². The summed E-state index contributed by atoms with van der Waals surface area (Å²) >= 11 is 0. The van der Waals surface area contributed by atoms with Gasteiger partial charge in [0.2, 0.25) is 0 Å². The van der Waals surface area contributed by atoms with Crippen molar-refractivity contribution in [3.8, 4) is 0 Å². The van der Waals surface area contributed by atoms with Gasteiger partial charge in [0.05, 0.1) is 6.42 Å². The van der Waals surface area contributed by atoms with Crippen LogP contribution in [0.1, 0.15) is 252 Å². The second kappa shape index (κ2) is 53.2. The molecule has 0 N–H and O–H groups in total. The molecule has 0 saturated carbocycles. The molecule has 65 heavy (non-hydrogen) atoms. The summed E-state index contributed by atoms with van der Waals surface area (Å²) in [5, 5.41) is 0. The van der Waals surface area contributed by atoms with Gasteiger partial charge in [0, 0.05) is 12.8 Å². The minimum Gasteiger partial charge on any atom is -0.462 e. The Bertz CT molecular complexity index is 1270. The molecule has 6 nitrogen and oxygen atoms in total. The molecule has 1 unspecified atom stereocenters. The molecule has 0 aliphatic rings. The van der Waals surface area contributed by atoms with Gasteiger partial charge in [0.15, 0.2) is 6.10 Å². The molecule has 6 heteroatoms. The van der Waals surface area contributed by atoms with Gasteiger partial charge in [-0.2, -0.15) is 0 Å². The van der Waals surface area contributed by atoms with E-state index < -0.39 is 12.1 Å². The fourth-order valence-electron chi connectivity index (χ4n) is 7.39. The average molecular weight is 905 g/mol. The number of carbonyl (C=O) groups excluding carboxylic acids is 3. The van der Waals surface area contributed by atoms with Gasteiger partial charge in [-0.3, -0.25) is 14.4 Å². The van der Waals surface area contributed by atoms with Crippen molar-refractivity contribution >= 4 is 17.9 Å². The van der Waals surface area contributed by atoms with Crippen molar-refractivity contribution in [1.29, 1.82) is 0 Å². The van der Waals surface area contributed by atoms with E-state index in [0.717, 1.165) is 77.0 Å². The predicted octanol–water partition coefficient (Wildman–Crippen LogP) is 18.0. The second-order valence-corrected chi connectivity index (χ2v) is 17.7. The van der Waals surface area contributed by atoms with Gasteiger partial charge < -0.3 is 14.2 Å². The van der Waals surface area contributed by atoms with Gasteiger partial charge in [-0.05, 0) is 89.9 Å². The smallest absolute Gasteiger partial charge is 0.309 e. The average Bonchev–Trinajstić information content (AvgIpc) is 3.30. The molecule has 0 heterocycles. The number of hydrogen-bond acceptors (Lipinski definition) is 6. The lowest BCUT2D eigenvalue weighted by molar-refractivity contribution is -0.166. The lowest BCUT2D eigenvalue weighted by Gasteiger charge is -2.18. The normalized spacial score (nSPS) is 12.7. The zero-order valence-electron chi connectivity index (χ0n) is 42.5. The summed E-state index contributed by atoms with van der Waals surface area (Å²) < 4.78 is 16.7. The van der Waals surface area contributed by atoms with Gasteiger partial charge in [-0.25, -0.2) is 0 Å². The molecule has 0 aromatic carbocycles. The van der Waals surface area contributed by atoms with Crippen LogP contribution in [0.5, 0.6) is 0 Å². The summed E-state index contributed by atoms with van der Waals surface area (Å²) in [6.07, 6.45) is 69.0. The molecule has 0 aliphatic carbocycles. The van der Waals surface area contributed by atoms with E-state index in [1.807, 2.05) is 6.08 Å². The van der Waals surface area contributed by atoms with Crippen LogP contribution in [0, 0.1) is 0 Å². The Morgan fingerprint density at radius 1 is 0.338 bits per heavy atom. The van der Waals surface area contributed by atoms with Crippen LogP contribution in [0.15, 0.2) is 85.1 Å². The van der Waals surface area contributed by atoms with E-state index in [9.17, 15) is 14.4 Å². The maximum atomic E-state index is 12.8. The highest BCUT2D eigenvalue weighted by Crippen LogP contribution is 2.15. The van der Waals surface area contributed by atoms with Crippen LogP contribution in [0.3, 0.4) is 0 Å². The number of hydrogen-bond donors (Lipinski definition) is 0. The highest BCUT2D eigenvalue weighted by atomic mass is 16.6. The molecule has 0 aliphatic heterocycles. The van der Waals surface area contributed by atoms with Crippen LogP contribution >= 0.6 is 0 Å². The number of rotatable bonds is 48. The molecular weight excluding hydrogens is 805 g/mol. The van der Waals surface area contributed by atoms with Crippen LogP contribution in [-0.2, 0) is 28.6 Å². The molecule has 0 aromatic heterocycles. The first-order valence-corrected chi connectivity index (χ1v) is 27.1. The first kappa shape index (κ1) is 61.6. The minimum absolute atomic E-state index is 0.108. The third kappa shape index (κ3) is 51.4. The molecular formula is C59H100O6. The summed E-state index contributed by atoms with van der Waals surface area (Å²) in [7, 11) is 0. The number of unbranched alkanes of at least 4 members (excludes halogenated alkanes) is 24. The van der Waals surface area contributed by atoms with Crippen molar-refractivity contribution in [2.45, 2.75) is 258 Å². The third-order valence-corrected chi connectivity index (χ3v) is 11.4. The van der Waals surface area contributed by atoms with Gasteiger partial charge in [-0.1, -0.05) is 228 Å². The summed E-state index contributed by atoms with van der Waals surface area (Å²) in [5.41, 5.74) is 0. The van der Waals surface area contributed by atoms with Crippen molar-refractivity contribution in [3.63, 3.8) is 0 Å². The van der Waals surface area contributed by atoms with Crippen LogP contribution in [0.4, 0.5) is 0 Å². The van der Waals surface area contributed by atoms with Crippen molar-refractivity contribution in [2.24, 2.45) is 0 Å². The lowest BCUT2D eigenvalue weighted by Crippen LogP contribution is -2.30. The quantitative estimate of drug-likeness (QED) is 0.0262. The first-order chi connectivity index (χ1) is 32.0. The number of esters is 3. The Kier molecular flexibility index (Phi) is 50.4. The molecule has 1 atom stereocenters. The summed E-state index contributed by atoms with van der Waals surface area (Å²) in [6.45, 7) is 6.31. The van der Waals surface area contributed by atoms with E-state index in [1.165, 1.54) is 135 Å². The summed E-state index contributed by atoms with van der Waals surface area (Å²) in [4.78, 5) is 37.9. The minimum atomic E-state index is -0.816. The van der Waals surface area contributed by atoms with Crippen LogP contribution in [0.25, 0.3) is 0 Å². The molecule has 0 fully saturated rings. The Morgan fingerprint density at radius 2 is 0.662 bits per heavy atom. The van der Waals surface area contributed by atoms with E-state index >= 15 is 0 Å². The summed E-state index contributed by atoms with van der Waals surface area (Å²) in [5.74, 6) is -1.05. The standard InChI is InChI=1S/C59H100O6/c1-4-7-10-13-16-19-21-23-25-27-29-31-33-35-37-40-43-46-49-52-58(61)64-55-56(54-63-57(60)51-48-45-42-39-18-15-12-9-6-3)65-59(62)53-50-47-44-41-38-36-34-32-30-28-26-24-22-20-17-14-11-8-5-2/h7,9-10,12,16,18-19,23,25,28,30,39,45,48,56H,4-6,8,11,13-15,17,20-22,24,26-27,29,31-38,40-44,46-47,49-55H2,1-3H3/b10-7-,12-9-,19-16-,25-23-,30-28-,39-18-,48-45-. The molecule has 0 radical (unpaired) electrons.